The van der Waals surface area contributed by atoms with Gasteiger partial charge in [0.15, 0.2) is 48.6 Å². The Kier molecular flexibility index (Phi) is 20.3. The first-order valence-corrected chi connectivity index (χ1v) is 29.1. The summed E-state index contributed by atoms with van der Waals surface area (Å²) in [6, 6.07) is -1.58. The van der Waals surface area contributed by atoms with Gasteiger partial charge in [-0.2, -0.15) is 11.8 Å². The molecule has 3 saturated heterocycles. The monoisotopic (exact) mass is 1090 g/mol. The second-order valence-electron chi connectivity index (χ2n) is 21.3. The maximum Gasteiger partial charge on any atom is 0.247 e. The fourth-order valence-electron chi connectivity index (χ4n) is 12.0. The first-order chi connectivity index (χ1) is 37.7. The van der Waals surface area contributed by atoms with E-state index in [9.17, 15) is 19.2 Å². The van der Waals surface area contributed by atoms with Crippen LogP contribution in [0.15, 0.2) is 43.2 Å². The van der Waals surface area contributed by atoms with Crippen LogP contribution in [0.1, 0.15) is 121 Å². The molecule has 77 heavy (non-hydrogen) atoms. The number of aromatic nitrogens is 4. The number of rotatable bonds is 12. The number of fused-ring (bicyclic) bond motifs is 4. The lowest BCUT2D eigenvalue weighted by molar-refractivity contribution is -0.135. The van der Waals surface area contributed by atoms with Crippen LogP contribution >= 0.6 is 11.8 Å². The summed E-state index contributed by atoms with van der Waals surface area (Å²) in [7, 11) is 7.15. The molecular formula is C54H80N12O10S. The molecule has 8 aliphatic rings. The van der Waals surface area contributed by atoms with Gasteiger partial charge in [-0.3, -0.25) is 19.2 Å². The van der Waals surface area contributed by atoms with Crippen LogP contribution in [-0.2, 0) is 54.3 Å². The van der Waals surface area contributed by atoms with Crippen molar-refractivity contribution in [3.8, 4) is 0 Å². The minimum absolute atomic E-state index is 0.0740. The first-order valence-electron chi connectivity index (χ1n) is 27.9. The molecule has 422 valence electrons. The molecule has 0 aromatic carbocycles. The molecule has 6 atom stereocenters. The maximum absolute atomic E-state index is 12.7. The van der Waals surface area contributed by atoms with E-state index in [0.717, 1.165) is 133 Å². The summed E-state index contributed by atoms with van der Waals surface area (Å²) in [6.45, 7) is 9.45. The van der Waals surface area contributed by atoms with Crippen molar-refractivity contribution in [2.45, 2.75) is 101 Å². The zero-order chi connectivity index (χ0) is 53.7. The highest BCUT2D eigenvalue weighted by Gasteiger charge is 2.38. The van der Waals surface area contributed by atoms with Crippen molar-refractivity contribution in [2.75, 3.05) is 118 Å². The summed E-state index contributed by atoms with van der Waals surface area (Å²) in [5.74, 6) is 7.87. The van der Waals surface area contributed by atoms with Gasteiger partial charge in [0.05, 0.1) is 29.4 Å². The Balaban J connectivity index is 0.000000125. The smallest absolute Gasteiger partial charge is 0.247 e. The molecule has 4 amide bonds. The molecule has 6 unspecified atom stereocenters. The zero-order valence-electron chi connectivity index (χ0n) is 45.4. The number of hydrogen-bond donors (Lipinski definition) is 4. The molecular weight excluding hydrogens is 1010 g/mol. The van der Waals surface area contributed by atoms with Gasteiger partial charge in [0.25, 0.3) is 0 Å². The van der Waals surface area contributed by atoms with E-state index >= 15 is 0 Å². The third-order valence-corrected chi connectivity index (χ3v) is 17.6. The molecule has 4 N–H and O–H groups in total. The summed E-state index contributed by atoms with van der Waals surface area (Å²) in [5, 5.41) is 12.2. The van der Waals surface area contributed by atoms with E-state index in [0.29, 0.717) is 59.8 Å². The van der Waals surface area contributed by atoms with Gasteiger partial charge in [0, 0.05) is 104 Å². The Morgan fingerprint density at radius 1 is 0.455 bits per heavy atom. The van der Waals surface area contributed by atoms with Crippen LogP contribution in [0.4, 0.5) is 0 Å². The highest BCUT2D eigenvalue weighted by atomic mass is 32.2. The van der Waals surface area contributed by atoms with E-state index in [1.54, 1.807) is 28.2 Å². The minimum atomic E-state index is -0.415. The number of hydrogen-bond acceptors (Lipinski definition) is 19. The van der Waals surface area contributed by atoms with Crippen LogP contribution in [0.5, 0.6) is 0 Å². The zero-order valence-corrected chi connectivity index (χ0v) is 46.2. The van der Waals surface area contributed by atoms with Crippen LogP contribution < -0.4 is 21.3 Å². The normalized spacial score (nSPS) is 26.0. The fourth-order valence-corrected chi connectivity index (χ4v) is 13.2. The van der Waals surface area contributed by atoms with Crippen LogP contribution in [-0.4, -0.2) is 182 Å². The van der Waals surface area contributed by atoms with Gasteiger partial charge in [-0.1, -0.05) is 12.8 Å². The van der Waals surface area contributed by atoms with Crippen LogP contribution in [0.3, 0.4) is 0 Å². The third kappa shape index (κ3) is 13.8. The van der Waals surface area contributed by atoms with E-state index in [4.69, 9.17) is 27.1 Å². The molecule has 4 aromatic heterocycles. The standard InChI is InChI=1S/C14H21N3O3.C14H21N3O2.C13H19N3O3.C13H19N3O2S/c1-15-12-13-11(16-9-20-13)2-5-17(14(12)18)8-10-3-6-19-7-4-10;1-15-12-13-11(16-9-19-13)6-7-17(14(12)18)8-10-4-2-3-5-10;1-14-11-12-10(15-8-19-12)2-4-16(13(11)17)6-9-3-5-18-7-9;1-14-11-12-10(15-8-18-12)2-4-16(13(11)17)6-9-3-5-19-7-9/h9-10,12,15H,2-8H2,1H3;9-10,12,15H,2-8H2,1H3;2*8-9,11,14H,2-7H2,1H3. The predicted octanol–water partition coefficient (Wildman–Crippen LogP) is 3.69. The number of nitrogens with one attached hydrogen (secondary N) is 4. The molecule has 0 bridgehead atoms. The topological polar surface area (TPSA) is 252 Å². The molecule has 7 aliphatic heterocycles. The molecule has 0 spiro atoms. The average Bonchev–Trinajstić information content (AvgIpc) is 4.32. The van der Waals surface area contributed by atoms with Gasteiger partial charge in [0.2, 0.25) is 23.6 Å². The van der Waals surface area contributed by atoms with Gasteiger partial charge < -0.3 is 68.0 Å². The van der Waals surface area contributed by atoms with E-state index < -0.39 is 12.1 Å². The number of carbonyl (C=O) groups is 4. The van der Waals surface area contributed by atoms with Crippen molar-refractivity contribution in [2.24, 2.45) is 23.7 Å². The molecule has 11 heterocycles. The number of oxazole rings is 4. The second kappa shape index (κ2) is 27.6. The Morgan fingerprint density at radius 2 is 0.792 bits per heavy atom. The largest absolute Gasteiger partial charge is 0.446 e. The molecule has 23 heteroatoms. The van der Waals surface area contributed by atoms with Crippen molar-refractivity contribution in [1.29, 1.82) is 0 Å². The van der Waals surface area contributed by atoms with E-state index in [1.807, 2.05) is 31.4 Å². The predicted molar refractivity (Wildman–Crippen MR) is 284 cm³/mol. The van der Waals surface area contributed by atoms with Gasteiger partial charge in [-0.15, -0.1) is 0 Å². The molecule has 1 saturated carbocycles. The quantitative estimate of drug-likeness (QED) is 0.158. The highest BCUT2D eigenvalue weighted by molar-refractivity contribution is 7.99. The van der Waals surface area contributed by atoms with Crippen molar-refractivity contribution in [3.05, 3.63) is 71.4 Å². The molecule has 12 rings (SSSR count). The van der Waals surface area contributed by atoms with Gasteiger partial charge >= 0.3 is 0 Å². The average molecular weight is 1090 g/mol. The summed E-state index contributed by atoms with van der Waals surface area (Å²) in [6.07, 6.45) is 18.3. The number of likely N-dealkylation sites (N-methyl/N-ethyl adjacent to an activating group) is 4. The molecule has 0 radical (unpaired) electrons. The molecule has 4 fully saturated rings. The Bertz CT molecular complexity index is 2310. The molecule has 1 aliphatic carbocycles. The van der Waals surface area contributed by atoms with E-state index in [1.165, 1.54) is 69.2 Å². The Hall–Kier alpha value is -5.17. The first kappa shape index (κ1) is 56.5. The maximum atomic E-state index is 12.7. The van der Waals surface area contributed by atoms with Crippen LogP contribution in [0.25, 0.3) is 0 Å². The van der Waals surface area contributed by atoms with Crippen LogP contribution in [0.2, 0.25) is 0 Å². The highest BCUT2D eigenvalue weighted by Crippen LogP contribution is 2.32. The minimum Gasteiger partial charge on any atom is -0.446 e. The van der Waals surface area contributed by atoms with Gasteiger partial charge in [0.1, 0.15) is 24.2 Å². The molecule has 22 nitrogen and oxygen atoms in total. The number of amides is 4. The second-order valence-corrected chi connectivity index (χ2v) is 22.5. The lowest BCUT2D eigenvalue weighted by Gasteiger charge is -2.30. The fraction of sp³-hybridized carbons (Fsp3) is 0.704. The van der Waals surface area contributed by atoms with Gasteiger partial charge in [-0.05, 0) is 96.0 Å². The van der Waals surface area contributed by atoms with E-state index in [2.05, 4.69) is 41.2 Å². The van der Waals surface area contributed by atoms with Crippen molar-refractivity contribution in [3.63, 3.8) is 0 Å². The van der Waals surface area contributed by atoms with Gasteiger partial charge in [-0.25, -0.2) is 19.9 Å². The Labute approximate surface area is 455 Å². The summed E-state index contributed by atoms with van der Waals surface area (Å²) < 4.78 is 32.4. The lowest BCUT2D eigenvalue weighted by atomic mass is 9.99. The van der Waals surface area contributed by atoms with Crippen LogP contribution in [0, 0.1) is 23.7 Å². The molecule has 4 aromatic rings. The number of carbonyl (C=O) groups excluding carboxylic acids is 4. The number of nitrogens with zero attached hydrogens (tertiary/aromatic N) is 8. The SMILES string of the molecule is CNC1C(=O)N(CC2CCCC2)CCc2ncoc21.CNC1C(=O)N(CC2CCOC2)CCc2ncoc21.CNC1C(=O)N(CC2CCOCC2)CCc2ncoc21.CNC1C(=O)N(CC2CCSC2)CCc2ncoc21. The number of thioether (sulfide) groups is 1. The Morgan fingerprint density at radius 3 is 1.13 bits per heavy atom. The summed E-state index contributed by atoms with van der Waals surface area (Å²) in [4.78, 5) is 75.1. The van der Waals surface area contributed by atoms with E-state index in [-0.39, 0.29) is 35.7 Å². The lowest BCUT2D eigenvalue weighted by Crippen LogP contribution is -2.42. The van der Waals surface area contributed by atoms with Crippen molar-refractivity contribution >= 4 is 35.4 Å². The third-order valence-electron chi connectivity index (χ3n) is 16.4. The van der Waals surface area contributed by atoms with Crippen molar-refractivity contribution < 1.29 is 46.3 Å². The summed E-state index contributed by atoms with van der Waals surface area (Å²) in [5.41, 5.74) is 3.61. The summed E-state index contributed by atoms with van der Waals surface area (Å²) >= 11 is 1.99. The van der Waals surface area contributed by atoms with Crippen molar-refractivity contribution in [1.82, 2.24) is 60.8 Å². The number of ether oxygens (including phenoxy) is 2.